The van der Waals surface area contributed by atoms with E-state index >= 15 is 0 Å². The van der Waals surface area contributed by atoms with Crippen molar-refractivity contribution in [1.29, 1.82) is 0 Å². The Morgan fingerprint density at radius 1 is 1.25 bits per heavy atom. The summed E-state index contributed by atoms with van der Waals surface area (Å²) in [7, 11) is 0. The van der Waals surface area contributed by atoms with E-state index in [1.807, 2.05) is 0 Å². The second-order valence-corrected chi connectivity index (χ2v) is 5.13. The second-order valence-electron chi connectivity index (χ2n) is 4.77. The SMILES string of the molecule is Nc1c(Cl)ncnc1NC(C1CC1)C1CC1. The van der Waals surface area contributed by atoms with Crippen molar-refractivity contribution in [3.8, 4) is 0 Å². The van der Waals surface area contributed by atoms with Crippen LogP contribution in [0, 0.1) is 11.8 Å². The smallest absolute Gasteiger partial charge is 0.157 e. The third kappa shape index (κ3) is 1.94. The van der Waals surface area contributed by atoms with E-state index in [0.29, 0.717) is 22.7 Å². The average Bonchev–Trinajstić information content (AvgIpc) is 3.15. The monoisotopic (exact) mass is 238 g/mol. The minimum atomic E-state index is 0.336. The standard InChI is InChI=1S/C11H15ClN4/c12-10-8(13)11(15-5-14-10)16-9(6-1-2-6)7-3-4-7/h5-7,9H,1-4,13H2,(H,14,15,16). The number of halogens is 1. The Balaban J connectivity index is 1.78. The van der Waals surface area contributed by atoms with Crippen LogP contribution in [-0.4, -0.2) is 16.0 Å². The lowest BCUT2D eigenvalue weighted by atomic mass is 10.1. The molecule has 2 aliphatic rings. The maximum Gasteiger partial charge on any atom is 0.157 e. The zero-order valence-electron chi connectivity index (χ0n) is 8.99. The molecule has 3 rings (SSSR count). The van der Waals surface area contributed by atoms with Crippen molar-refractivity contribution >= 4 is 23.1 Å². The van der Waals surface area contributed by atoms with Crippen molar-refractivity contribution in [3.05, 3.63) is 11.5 Å². The van der Waals surface area contributed by atoms with Crippen LogP contribution < -0.4 is 11.1 Å². The summed E-state index contributed by atoms with van der Waals surface area (Å²) in [5.41, 5.74) is 6.32. The summed E-state index contributed by atoms with van der Waals surface area (Å²) in [5.74, 6) is 2.31. The molecule has 0 spiro atoms. The number of hydrogen-bond acceptors (Lipinski definition) is 4. The molecule has 3 N–H and O–H groups in total. The first kappa shape index (κ1) is 10.1. The molecule has 2 fully saturated rings. The van der Waals surface area contributed by atoms with Crippen molar-refractivity contribution in [2.45, 2.75) is 31.7 Å². The normalized spacial score (nSPS) is 20.1. The molecule has 0 bridgehead atoms. The minimum absolute atomic E-state index is 0.336. The van der Waals surface area contributed by atoms with Crippen LogP contribution in [0.25, 0.3) is 0 Å². The van der Waals surface area contributed by atoms with Gasteiger partial charge in [0.05, 0.1) is 0 Å². The fourth-order valence-electron chi connectivity index (χ4n) is 2.18. The molecule has 0 saturated heterocycles. The average molecular weight is 239 g/mol. The molecule has 0 unspecified atom stereocenters. The topological polar surface area (TPSA) is 63.8 Å². The molecule has 1 aromatic heterocycles. The molecule has 0 radical (unpaired) electrons. The summed E-state index contributed by atoms with van der Waals surface area (Å²) < 4.78 is 0. The lowest BCUT2D eigenvalue weighted by Crippen LogP contribution is -2.25. The van der Waals surface area contributed by atoms with Crippen molar-refractivity contribution in [2.75, 3.05) is 11.1 Å². The minimum Gasteiger partial charge on any atom is -0.393 e. The zero-order chi connectivity index (χ0) is 11.1. The van der Waals surface area contributed by atoms with Gasteiger partial charge >= 0.3 is 0 Å². The Kier molecular flexibility index (Phi) is 2.39. The Morgan fingerprint density at radius 3 is 2.44 bits per heavy atom. The Labute approximate surface area is 99.6 Å². The highest BCUT2D eigenvalue weighted by atomic mass is 35.5. The number of nitrogen functional groups attached to an aromatic ring is 1. The van der Waals surface area contributed by atoms with Crippen molar-refractivity contribution in [3.63, 3.8) is 0 Å². The van der Waals surface area contributed by atoms with E-state index < -0.39 is 0 Å². The number of hydrogen-bond donors (Lipinski definition) is 2. The number of nitrogens with one attached hydrogen (secondary N) is 1. The summed E-state index contributed by atoms with van der Waals surface area (Å²) in [4.78, 5) is 8.02. The molecule has 16 heavy (non-hydrogen) atoms. The first-order valence-corrected chi connectivity index (χ1v) is 6.16. The third-order valence-corrected chi connectivity index (χ3v) is 3.70. The molecule has 1 heterocycles. The van der Waals surface area contributed by atoms with Gasteiger partial charge in [-0.15, -0.1) is 0 Å². The number of nitrogens with zero attached hydrogens (tertiary/aromatic N) is 2. The zero-order valence-corrected chi connectivity index (χ0v) is 9.74. The van der Waals surface area contributed by atoms with Crippen LogP contribution in [-0.2, 0) is 0 Å². The summed E-state index contributed by atoms with van der Waals surface area (Å²) in [6.45, 7) is 0. The van der Waals surface area contributed by atoms with E-state index in [-0.39, 0.29) is 0 Å². The van der Waals surface area contributed by atoms with Crippen molar-refractivity contribution in [1.82, 2.24) is 9.97 Å². The van der Waals surface area contributed by atoms with Crippen molar-refractivity contribution in [2.24, 2.45) is 11.8 Å². The molecular formula is C11H15ClN4. The van der Waals surface area contributed by atoms with Crippen LogP contribution in [0.2, 0.25) is 5.15 Å². The van der Waals surface area contributed by atoms with Gasteiger partial charge in [0.15, 0.2) is 11.0 Å². The van der Waals surface area contributed by atoms with Gasteiger partial charge in [-0.05, 0) is 37.5 Å². The summed E-state index contributed by atoms with van der Waals surface area (Å²) in [6.07, 6.45) is 6.76. The Hall–Kier alpha value is -1.03. The number of anilines is 2. The van der Waals surface area contributed by atoms with Crippen LogP contribution in [0.1, 0.15) is 25.7 Å². The predicted molar refractivity (Wildman–Crippen MR) is 64.3 cm³/mol. The van der Waals surface area contributed by atoms with Crippen LogP contribution in [0.5, 0.6) is 0 Å². The van der Waals surface area contributed by atoms with Gasteiger partial charge in [0.1, 0.15) is 12.0 Å². The van der Waals surface area contributed by atoms with Gasteiger partial charge in [0, 0.05) is 6.04 Å². The molecule has 86 valence electrons. The molecule has 4 nitrogen and oxygen atoms in total. The van der Waals surface area contributed by atoms with E-state index in [0.717, 1.165) is 11.8 Å². The molecule has 2 aliphatic carbocycles. The number of aromatic nitrogens is 2. The second kappa shape index (κ2) is 3.77. The highest BCUT2D eigenvalue weighted by Gasteiger charge is 2.41. The molecule has 5 heteroatoms. The molecule has 2 saturated carbocycles. The molecule has 0 aliphatic heterocycles. The predicted octanol–water partition coefficient (Wildman–Crippen LogP) is 2.31. The summed E-state index contributed by atoms with van der Waals surface area (Å²) in [5, 5.41) is 3.79. The van der Waals surface area contributed by atoms with Crippen LogP contribution in [0.4, 0.5) is 11.5 Å². The van der Waals surface area contributed by atoms with E-state index in [1.54, 1.807) is 0 Å². The van der Waals surface area contributed by atoms with Crippen LogP contribution in [0.15, 0.2) is 6.33 Å². The van der Waals surface area contributed by atoms with Gasteiger partial charge < -0.3 is 11.1 Å². The van der Waals surface area contributed by atoms with E-state index in [4.69, 9.17) is 17.3 Å². The molecule has 0 amide bonds. The van der Waals surface area contributed by atoms with Crippen LogP contribution >= 0.6 is 11.6 Å². The first-order chi connectivity index (χ1) is 7.75. The van der Waals surface area contributed by atoms with Gasteiger partial charge in [-0.1, -0.05) is 11.6 Å². The molecule has 0 aromatic carbocycles. The maximum absolute atomic E-state index is 5.87. The lowest BCUT2D eigenvalue weighted by molar-refractivity contribution is 0.566. The van der Waals surface area contributed by atoms with Gasteiger partial charge in [-0.3, -0.25) is 0 Å². The largest absolute Gasteiger partial charge is 0.393 e. The fourth-order valence-corrected chi connectivity index (χ4v) is 2.31. The van der Waals surface area contributed by atoms with Gasteiger partial charge in [-0.2, -0.15) is 0 Å². The van der Waals surface area contributed by atoms with Gasteiger partial charge in [0.25, 0.3) is 0 Å². The quantitative estimate of drug-likeness (QED) is 0.791. The van der Waals surface area contributed by atoms with Crippen LogP contribution in [0.3, 0.4) is 0 Å². The highest BCUT2D eigenvalue weighted by molar-refractivity contribution is 6.32. The lowest BCUT2D eigenvalue weighted by Gasteiger charge is -2.19. The summed E-state index contributed by atoms with van der Waals surface area (Å²) >= 11 is 5.87. The maximum atomic E-state index is 5.87. The molecule has 0 atom stereocenters. The van der Waals surface area contributed by atoms with Crippen molar-refractivity contribution < 1.29 is 0 Å². The van der Waals surface area contributed by atoms with E-state index in [1.165, 1.54) is 32.0 Å². The Bertz CT molecular complexity index is 389. The van der Waals surface area contributed by atoms with E-state index in [2.05, 4.69) is 15.3 Å². The number of rotatable bonds is 4. The number of nitrogens with two attached hydrogens (primary N) is 1. The molecular weight excluding hydrogens is 224 g/mol. The highest BCUT2D eigenvalue weighted by Crippen LogP contribution is 2.46. The first-order valence-electron chi connectivity index (χ1n) is 5.78. The van der Waals surface area contributed by atoms with Gasteiger partial charge in [0.2, 0.25) is 0 Å². The fraction of sp³-hybridized carbons (Fsp3) is 0.636. The Morgan fingerprint density at radius 2 is 1.88 bits per heavy atom. The third-order valence-electron chi connectivity index (χ3n) is 3.40. The van der Waals surface area contributed by atoms with Gasteiger partial charge in [-0.25, -0.2) is 9.97 Å². The summed E-state index contributed by atoms with van der Waals surface area (Å²) in [6, 6.07) is 0.535. The molecule has 1 aromatic rings. The van der Waals surface area contributed by atoms with E-state index in [9.17, 15) is 0 Å².